The number of nitrogens with zero attached hydrogens (tertiary/aromatic N) is 1. The fourth-order valence-corrected chi connectivity index (χ4v) is 3.12. The molecule has 0 radical (unpaired) electrons. The van der Waals surface area contributed by atoms with Crippen LogP contribution < -0.4 is 5.73 Å². The van der Waals surface area contributed by atoms with Crippen LogP contribution in [-0.2, 0) is 4.79 Å². The average molecular weight is 224 g/mol. The maximum atomic E-state index is 12.1. The highest BCUT2D eigenvalue weighted by Crippen LogP contribution is 2.33. The van der Waals surface area contributed by atoms with Crippen LogP contribution >= 0.6 is 0 Å². The number of rotatable bonds is 2. The van der Waals surface area contributed by atoms with E-state index in [2.05, 4.69) is 6.92 Å². The molecular formula is C13H24N2O. The van der Waals surface area contributed by atoms with Gasteiger partial charge in [-0.15, -0.1) is 0 Å². The van der Waals surface area contributed by atoms with Crippen LogP contribution in [0.3, 0.4) is 0 Å². The van der Waals surface area contributed by atoms with E-state index in [-0.39, 0.29) is 6.04 Å². The van der Waals surface area contributed by atoms with Gasteiger partial charge in [0.2, 0.25) is 5.91 Å². The highest BCUT2D eigenvalue weighted by Gasteiger charge is 2.27. The molecule has 1 amide bonds. The van der Waals surface area contributed by atoms with E-state index in [0.717, 1.165) is 38.3 Å². The van der Waals surface area contributed by atoms with Crippen molar-refractivity contribution in [3.8, 4) is 0 Å². The molecule has 3 unspecified atom stereocenters. The van der Waals surface area contributed by atoms with Gasteiger partial charge in [0.25, 0.3) is 0 Å². The summed E-state index contributed by atoms with van der Waals surface area (Å²) in [5, 5.41) is 0. The molecule has 2 aliphatic rings. The minimum Gasteiger partial charge on any atom is -0.341 e. The summed E-state index contributed by atoms with van der Waals surface area (Å²) in [6, 6.07) is 0.209. The standard InChI is InChI=1S/C13H24N2O/c1-10-4-5-11(7-10)8-13(16)15-6-2-3-12(14)9-15/h10-12H,2-9,14H2,1H3. The van der Waals surface area contributed by atoms with Gasteiger partial charge in [-0.3, -0.25) is 4.79 Å². The lowest BCUT2D eigenvalue weighted by molar-refractivity contribution is -0.133. The number of hydrogen-bond donors (Lipinski definition) is 1. The van der Waals surface area contributed by atoms with Crippen molar-refractivity contribution < 1.29 is 4.79 Å². The molecule has 0 bridgehead atoms. The molecule has 3 heteroatoms. The molecule has 0 aromatic carbocycles. The van der Waals surface area contributed by atoms with E-state index in [1.54, 1.807) is 0 Å². The lowest BCUT2D eigenvalue weighted by atomic mass is 10.00. The zero-order valence-electron chi connectivity index (χ0n) is 10.3. The van der Waals surface area contributed by atoms with Gasteiger partial charge in [-0.25, -0.2) is 0 Å². The molecule has 0 spiro atoms. The van der Waals surface area contributed by atoms with Crippen LogP contribution in [0.5, 0.6) is 0 Å². The van der Waals surface area contributed by atoms with Crippen molar-refractivity contribution in [2.75, 3.05) is 13.1 Å². The van der Waals surface area contributed by atoms with E-state index in [1.165, 1.54) is 19.3 Å². The van der Waals surface area contributed by atoms with Crippen LogP contribution in [-0.4, -0.2) is 29.9 Å². The van der Waals surface area contributed by atoms with Crippen molar-refractivity contribution in [1.82, 2.24) is 4.90 Å². The van der Waals surface area contributed by atoms with Crippen molar-refractivity contribution in [3.63, 3.8) is 0 Å². The van der Waals surface area contributed by atoms with E-state index in [0.29, 0.717) is 11.8 Å². The number of hydrogen-bond acceptors (Lipinski definition) is 2. The third-order valence-electron chi connectivity index (χ3n) is 4.08. The van der Waals surface area contributed by atoms with Crippen LogP contribution in [0.15, 0.2) is 0 Å². The zero-order chi connectivity index (χ0) is 11.5. The van der Waals surface area contributed by atoms with E-state index < -0.39 is 0 Å². The Morgan fingerprint density at radius 1 is 1.38 bits per heavy atom. The zero-order valence-corrected chi connectivity index (χ0v) is 10.3. The first-order chi connectivity index (χ1) is 7.65. The van der Waals surface area contributed by atoms with Crippen LogP contribution in [0.25, 0.3) is 0 Å². The molecule has 0 aromatic heterocycles. The van der Waals surface area contributed by atoms with E-state index in [4.69, 9.17) is 5.73 Å². The van der Waals surface area contributed by atoms with Gasteiger partial charge in [0.05, 0.1) is 0 Å². The molecule has 1 aliphatic heterocycles. The fourth-order valence-electron chi connectivity index (χ4n) is 3.12. The maximum absolute atomic E-state index is 12.1. The van der Waals surface area contributed by atoms with Gasteiger partial charge >= 0.3 is 0 Å². The molecule has 2 rings (SSSR count). The summed E-state index contributed by atoms with van der Waals surface area (Å²) < 4.78 is 0. The highest BCUT2D eigenvalue weighted by atomic mass is 16.2. The first-order valence-electron chi connectivity index (χ1n) is 6.68. The number of likely N-dealkylation sites (tertiary alicyclic amines) is 1. The second-order valence-electron chi connectivity index (χ2n) is 5.73. The average Bonchev–Trinajstić information content (AvgIpc) is 2.64. The van der Waals surface area contributed by atoms with Gasteiger partial charge < -0.3 is 10.6 Å². The van der Waals surface area contributed by atoms with Gasteiger partial charge in [0.1, 0.15) is 0 Å². The first kappa shape index (κ1) is 11.9. The molecule has 3 nitrogen and oxygen atoms in total. The Morgan fingerprint density at radius 2 is 2.19 bits per heavy atom. The summed E-state index contributed by atoms with van der Waals surface area (Å²) in [7, 11) is 0. The second kappa shape index (κ2) is 5.17. The molecule has 3 atom stereocenters. The second-order valence-corrected chi connectivity index (χ2v) is 5.73. The largest absolute Gasteiger partial charge is 0.341 e. The van der Waals surface area contributed by atoms with Crippen molar-refractivity contribution >= 4 is 5.91 Å². The van der Waals surface area contributed by atoms with E-state index >= 15 is 0 Å². The van der Waals surface area contributed by atoms with Crippen LogP contribution in [0, 0.1) is 11.8 Å². The highest BCUT2D eigenvalue weighted by molar-refractivity contribution is 5.76. The Bertz CT molecular complexity index is 254. The topological polar surface area (TPSA) is 46.3 Å². The molecule has 1 heterocycles. The van der Waals surface area contributed by atoms with Crippen LogP contribution in [0.2, 0.25) is 0 Å². The van der Waals surface area contributed by atoms with Crippen molar-refractivity contribution in [3.05, 3.63) is 0 Å². The smallest absolute Gasteiger partial charge is 0.222 e. The number of amides is 1. The molecule has 16 heavy (non-hydrogen) atoms. The Balaban J connectivity index is 1.78. The quantitative estimate of drug-likeness (QED) is 0.777. The lowest BCUT2D eigenvalue weighted by Crippen LogP contribution is -2.46. The van der Waals surface area contributed by atoms with Gasteiger partial charge in [0.15, 0.2) is 0 Å². The Morgan fingerprint density at radius 3 is 2.81 bits per heavy atom. The minimum atomic E-state index is 0.209. The molecule has 1 aliphatic carbocycles. The van der Waals surface area contributed by atoms with Gasteiger partial charge in [0, 0.05) is 25.6 Å². The summed E-state index contributed by atoms with van der Waals surface area (Å²) in [6.07, 6.45) is 6.70. The van der Waals surface area contributed by atoms with Crippen LogP contribution in [0.1, 0.15) is 45.4 Å². The molecular weight excluding hydrogens is 200 g/mol. The number of piperidine rings is 1. The third-order valence-corrected chi connectivity index (χ3v) is 4.08. The Hall–Kier alpha value is -0.570. The van der Waals surface area contributed by atoms with Crippen molar-refractivity contribution in [2.24, 2.45) is 17.6 Å². The van der Waals surface area contributed by atoms with Crippen LogP contribution in [0.4, 0.5) is 0 Å². The predicted molar refractivity (Wildman–Crippen MR) is 64.9 cm³/mol. The lowest BCUT2D eigenvalue weighted by Gasteiger charge is -2.31. The normalized spacial score (nSPS) is 35.4. The minimum absolute atomic E-state index is 0.209. The molecule has 2 fully saturated rings. The molecule has 1 saturated carbocycles. The van der Waals surface area contributed by atoms with Crippen molar-refractivity contribution in [1.29, 1.82) is 0 Å². The van der Waals surface area contributed by atoms with Gasteiger partial charge in [-0.1, -0.05) is 13.3 Å². The monoisotopic (exact) mass is 224 g/mol. The molecule has 0 aromatic rings. The number of carbonyl (C=O) groups is 1. The summed E-state index contributed by atoms with van der Waals surface area (Å²) in [4.78, 5) is 14.1. The summed E-state index contributed by atoms with van der Waals surface area (Å²) in [6.45, 7) is 4.00. The summed E-state index contributed by atoms with van der Waals surface area (Å²) in [5.41, 5.74) is 5.90. The number of carbonyl (C=O) groups excluding carboxylic acids is 1. The Labute approximate surface area is 98.4 Å². The SMILES string of the molecule is CC1CCC(CC(=O)N2CCCC(N)C2)C1. The van der Waals surface area contributed by atoms with Gasteiger partial charge in [-0.2, -0.15) is 0 Å². The van der Waals surface area contributed by atoms with Gasteiger partial charge in [-0.05, 0) is 37.5 Å². The third kappa shape index (κ3) is 2.97. The summed E-state index contributed by atoms with van der Waals surface area (Å²) >= 11 is 0. The first-order valence-corrected chi connectivity index (χ1v) is 6.68. The predicted octanol–water partition coefficient (Wildman–Crippen LogP) is 1.76. The maximum Gasteiger partial charge on any atom is 0.222 e. The fraction of sp³-hybridized carbons (Fsp3) is 0.923. The van der Waals surface area contributed by atoms with E-state index in [1.807, 2.05) is 4.90 Å². The number of nitrogens with two attached hydrogens (primary N) is 1. The Kier molecular flexibility index (Phi) is 3.85. The molecule has 2 N–H and O–H groups in total. The molecule has 1 saturated heterocycles. The van der Waals surface area contributed by atoms with Crippen molar-refractivity contribution in [2.45, 2.75) is 51.5 Å². The summed E-state index contributed by atoms with van der Waals surface area (Å²) in [5.74, 6) is 1.80. The molecule has 92 valence electrons. The van der Waals surface area contributed by atoms with E-state index in [9.17, 15) is 4.79 Å².